The number of hydrogen-bond acceptors (Lipinski definition) is 4. The zero-order valence-corrected chi connectivity index (χ0v) is 14.9. The number of piperazine rings is 1. The average molecular weight is 294 g/mol. The first-order chi connectivity index (χ1) is 9.68. The van der Waals surface area contributed by atoms with Gasteiger partial charge in [0.1, 0.15) is 5.54 Å². The zero-order chi connectivity index (χ0) is 16.1. The summed E-state index contributed by atoms with van der Waals surface area (Å²) in [6, 6.07) is 2.79. The van der Waals surface area contributed by atoms with Crippen molar-refractivity contribution in [1.82, 2.24) is 15.1 Å². The minimum atomic E-state index is -0.379. The van der Waals surface area contributed by atoms with Crippen LogP contribution in [0, 0.1) is 11.3 Å². The Balaban J connectivity index is 2.30. The van der Waals surface area contributed by atoms with Gasteiger partial charge in [-0.1, -0.05) is 0 Å². The molecule has 0 aromatic carbocycles. The molecule has 0 aromatic rings. The third-order valence-electron chi connectivity index (χ3n) is 4.65. The van der Waals surface area contributed by atoms with E-state index < -0.39 is 0 Å². The van der Waals surface area contributed by atoms with Crippen molar-refractivity contribution in [2.24, 2.45) is 0 Å². The van der Waals surface area contributed by atoms with Gasteiger partial charge in [-0.2, -0.15) is 5.26 Å². The lowest BCUT2D eigenvalue weighted by Crippen LogP contribution is -2.57. The highest BCUT2D eigenvalue weighted by molar-refractivity contribution is 5.04. The van der Waals surface area contributed by atoms with Crippen LogP contribution < -0.4 is 5.32 Å². The molecule has 0 amide bonds. The molecule has 0 aromatic heterocycles. The van der Waals surface area contributed by atoms with E-state index in [2.05, 4.69) is 55.9 Å². The Hall–Kier alpha value is -0.630. The summed E-state index contributed by atoms with van der Waals surface area (Å²) in [6.45, 7) is 15.5. The van der Waals surface area contributed by atoms with Gasteiger partial charge in [-0.15, -0.1) is 0 Å². The van der Waals surface area contributed by atoms with E-state index in [0.717, 1.165) is 32.5 Å². The lowest BCUT2D eigenvalue weighted by atomic mass is 9.95. The Bertz CT molecular complexity index is 358. The highest BCUT2D eigenvalue weighted by Crippen LogP contribution is 2.20. The van der Waals surface area contributed by atoms with Crippen molar-refractivity contribution in [2.75, 3.05) is 33.2 Å². The van der Waals surface area contributed by atoms with Crippen LogP contribution in [0.4, 0.5) is 0 Å². The highest BCUT2D eigenvalue weighted by atomic mass is 15.3. The number of nitrogens with one attached hydrogen (secondary N) is 1. The molecule has 0 spiro atoms. The molecule has 1 N–H and O–H groups in total. The van der Waals surface area contributed by atoms with Crippen molar-refractivity contribution >= 4 is 0 Å². The quantitative estimate of drug-likeness (QED) is 0.733. The van der Waals surface area contributed by atoms with Crippen LogP contribution in [0.15, 0.2) is 0 Å². The molecule has 21 heavy (non-hydrogen) atoms. The number of rotatable bonds is 7. The number of nitrogens with zero attached hydrogens (tertiary/aromatic N) is 3. The van der Waals surface area contributed by atoms with Crippen molar-refractivity contribution < 1.29 is 0 Å². The van der Waals surface area contributed by atoms with Gasteiger partial charge in [0, 0.05) is 31.2 Å². The number of nitriles is 1. The van der Waals surface area contributed by atoms with Crippen LogP contribution >= 0.6 is 0 Å². The molecule has 1 unspecified atom stereocenters. The van der Waals surface area contributed by atoms with Crippen molar-refractivity contribution in [3.8, 4) is 6.07 Å². The summed E-state index contributed by atoms with van der Waals surface area (Å²) in [5.41, 5.74) is -0.103. The fourth-order valence-electron chi connectivity index (χ4n) is 3.14. The second-order valence-electron chi connectivity index (χ2n) is 7.71. The molecule has 1 atom stereocenters. The number of likely N-dealkylation sites (N-methyl/N-ethyl adjacent to an activating group) is 1. The maximum atomic E-state index is 9.35. The van der Waals surface area contributed by atoms with E-state index in [4.69, 9.17) is 0 Å². The summed E-state index contributed by atoms with van der Waals surface area (Å²) < 4.78 is 0. The molecule has 4 nitrogen and oxygen atoms in total. The third-order valence-corrected chi connectivity index (χ3v) is 4.65. The van der Waals surface area contributed by atoms with E-state index in [0.29, 0.717) is 6.04 Å². The maximum absolute atomic E-state index is 9.35. The first kappa shape index (κ1) is 18.4. The van der Waals surface area contributed by atoms with Crippen LogP contribution in [0.2, 0.25) is 0 Å². The molecular weight excluding hydrogens is 260 g/mol. The molecule has 1 saturated heterocycles. The summed E-state index contributed by atoms with van der Waals surface area (Å²) in [6.07, 6.45) is 3.21. The predicted octanol–water partition coefficient (Wildman–Crippen LogP) is 2.46. The Labute approximate surface area is 131 Å². The SMILES string of the molecule is CC(C)NC(C)(C#N)CCCCN1CCN(C)C(C)(C)C1. The highest BCUT2D eigenvalue weighted by Gasteiger charge is 2.30. The van der Waals surface area contributed by atoms with Crippen LogP contribution in [-0.2, 0) is 0 Å². The molecule has 0 bridgehead atoms. The summed E-state index contributed by atoms with van der Waals surface area (Å²) >= 11 is 0. The summed E-state index contributed by atoms with van der Waals surface area (Å²) in [7, 11) is 2.22. The summed E-state index contributed by atoms with van der Waals surface area (Å²) in [5.74, 6) is 0. The van der Waals surface area contributed by atoms with Gasteiger partial charge in [-0.05, 0) is 67.5 Å². The first-order valence-corrected chi connectivity index (χ1v) is 8.31. The summed E-state index contributed by atoms with van der Waals surface area (Å²) in [4.78, 5) is 5.02. The fraction of sp³-hybridized carbons (Fsp3) is 0.941. The molecular formula is C17H34N4. The van der Waals surface area contributed by atoms with Gasteiger partial charge in [-0.3, -0.25) is 10.2 Å². The molecule has 0 saturated carbocycles. The van der Waals surface area contributed by atoms with Crippen molar-refractivity contribution in [3.63, 3.8) is 0 Å². The largest absolute Gasteiger partial charge is 0.300 e. The van der Waals surface area contributed by atoms with E-state index in [1.807, 2.05) is 6.92 Å². The van der Waals surface area contributed by atoms with Gasteiger partial charge in [0.15, 0.2) is 0 Å². The Kier molecular flexibility index (Phi) is 6.65. The molecule has 1 rings (SSSR count). The molecule has 1 fully saturated rings. The van der Waals surface area contributed by atoms with Gasteiger partial charge in [0.25, 0.3) is 0 Å². The number of unbranched alkanes of at least 4 members (excludes halogenated alkanes) is 1. The molecule has 0 radical (unpaired) electrons. The Morgan fingerprint density at radius 1 is 1.29 bits per heavy atom. The van der Waals surface area contributed by atoms with E-state index in [9.17, 15) is 5.26 Å². The monoisotopic (exact) mass is 294 g/mol. The van der Waals surface area contributed by atoms with Gasteiger partial charge in [0.05, 0.1) is 6.07 Å². The molecule has 122 valence electrons. The molecule has 1 heterocycles. The van der Waals surface area contributed by atoms with Crippen LogP contribution in [0.1, 0.15) is 53.9 Å². The fourth-order valence-corrected chi connectivity index (χ4v) is 3.14. The zero-order valence-electron chi connectivity index (χ0n) is 14.9. The van der Waals surface area contributed by atoms with Crippen LogP contribution in [-0.4, -0.2) is 60.1 Å². The van der Waals surface area contributed by atoms with Crippen LogP contribution in [0.5, 0.6) is 0 Å². The standard InChI is InChI=1S/C17H34N4/c1-15(2)19-17(5,13-18)9-7-8-10-21-12-11-20(6)16(3,4)14-21/h15,19H,7-12,14H2,1-6H3. The lowest BCUT2D eigenvalue weighted by molar-refractivity contribution is 0.0391. The minimum absolute atomic E-state index is 0.276. The predicted molar refractivity (Wildman–Crippen MR) is 89.3 cm³/mol. The number of hydrogen-bond donors (Lipinski definition) is 1. The minimum Gasteiger partial charge on any atom is -0.300 e. The van der Waals surface area contributed by atoms with Gasteiger partial charge in [0.2, 0.25) is 0 Å². The average Bonchev–Trinajstić information content (AvgIpc) is 2.38. The first-order valence-electron chi connectivity index (χ1n) is 8.31. The Morgan fingerprint density at radius 3 is 2.48 bits per heavy atom. The van der Waals surface area contributed by atoms with Gasteiger partial charge < -0.3 is 4.90 Å². The molecule has 1 aliphatic heterocycles. The lowest BCUT2D eigenvalue weighted by Gasteiger charge is -2.45. The van der Waals surface area contributed by atoms with Gasteiger partial charge in [-0.25, -0.2) is 0 Å². The normalized spacial score (nSPS) is 23.0. The van der Waals surface area contributed by atoms with E-state index in [1.165, 1.54) is 13.0 Å². The van der Waals surface area contributed by atoms with Crippen molar-refractivity contribution in [1.29, 1.82) is 5.26 Å². The van der Waals surface area contributed by atoms with E-state index in [1.54, 1.807) is 0 Å². The maximum Gasteiger partial charge on any atom is 0.104 e. The van der Waals surface area contributed by atoms with Gasteiger partial charge >= 0.3 is 0 Å². The van der Waals surface area contributed by atoms with Crippen molar-refractivity contribution in [2.45, 2.75) is 71.0 Å². The Morgan fingerprint density at radius 2 is 1.95 bits per heavy atom. The van der Waals surface area contributed by atoms with Crippen molar-refractivity contribution in [3.05, 3.63) is 0 Å². The third kappa shape index (κ3) is 5.94. The van der Waals surface area contributed by atoms with E-state index >= 15 is 0 Å². The molecule has 4 heteroatoms. The molecule has 1 aliphatic rings. The smallest absolute Gasteiger partial charge is 0.104 e. The van der Waals surface area contributed by atoms with Crippen LogP contribution in [0.3, 0.4) is 0 Å². The summed E-state index contributed by atoms with van der Waals surface area (Å²) in [5, 5.41) is 12.7. The second-order valence-corrected chi connectivity index (χ2v) is 7.71. The second kappa shape index (κ2) is 7.58. The topological polar surface area (TPSA) is 42.3 Å². The molecule has 0 aliphatic carbocycles. The van der Waals surface area contributed by atoms with Crippen LogP contribution in [0.25, 0.3) is 0 Å². The van der Waals surface area contributed by atoms with E-state index in [-0.39, 0.29) is 11.1 Å².